The van der Waals surface area contributed by atoms with Crippen molar-refractivity contribution in [2.24, 2.45) is 0 Å². The Morgan fingerprint density at radius 2 is 1.23 bits per heavy atom. The zero-order valence-corrected chi connectivity index (χ0v) is 24.0. The minimum atomic E-state index is 0.362. The first-order valence-corrected chi connectivity index (χ1v) is 15.5. The van der Waals surface area contributed by atoms with Gasteiger partial charge in [-0.05, 0) is 70.5 Å². The van der Waals surface area contributed by atoms with Crippen LogP contribution in [0.2, 0.25) is 0 Å². The lowest BCUT2D eigenvalue weighted by Gasteiger charge is -2.25. The molecular formula is C41H27N3. The normalized spacial score (nSPS) is 14.9. The number of hydrogen-bond acceptors (Lipinski definition) is 2. The molecule has 3 heteroatoms. The van der Waals surface area contributed by atoms with Gasteiger partial charge in [-0.1, -0.05) is 109 Å². The molecule has 44 heavy (non-hydrogen) atoms. The molecule has 2 aromatic heterocycles. The first kappa shape index (κ1) is 24.0. The van der Waals surface area contributed by atoms with Gasteiger partial charge < -0.3 is 0 Å². The summed E-state index contributed by atoms with van der Waals surface area (Å²) in [7, 11) is 0. The molecular weight excluding hydrogens is 534 g/mol. The fourth-order valence-electron chi connectivity index (χ4n) is 7.95. The Morgan fingerprint density at radius 1 is 0.568 bits per heavy atom. The van der Waals surface area contributed by atoms with Crippen LogP contribution in [0.15, 0.2) is 133 Å². The van der Waals surface area contributed by atoms with E-state index in [0.29, 0.717) is 5.92 Å². The summed E-state index contributed by atoms with van der Waals surface area (Å²) >= 11 is 0. The van der Waals surface area contributed by atoms with E-state index in [1.165, 1.54) is 55.2 Å². The van der Waals surface area contributed by atoms with Crippen molar-refractivity contribution in [3.8, 4) is 39.3 Å². The Bertz CT molecular complexity index is 2450. The molecule has 2 bridgehead atoms. The standard InChI is InChI=1S/C41H27N3/c1-2-12-25(13-3-1)39-41(43-36-20-10-9-19-35(36)42-39)44-37-21-11-8-17-30(37)34-24-33-28-16-5-4-14-26(28)29-22-23-32(33)38(40(34)44)31-18-7-6-15-27(29)31/h1-21,24,29H,22-23H2. The highest BCUT2D eigenvalue weighted by atomic mass is 15.1. The van der Waals surface area contributed by atoms with Gasteiger partial charge in [-0.2, -0.15) is 0 Å². The van der Waals surface area contributed by atoms with Gasteiger partial charge in [-0.3, -0.25) is 4.57 Å². The van der Waals surface area contributed by atoms with Gasteiger partial charge in [0.15, 0.2) is 5.82 Å². The quantitative estimate of drug-likeness (QED) is 0.210. The number of rotatable bonds is 2. The SMILES string of the molecule is c1ccc(-c2nc3ccccc3nc2-n2c3ccccc3c3cc4c5c(c32)-c2ccccc2C(CC5)c2ccccc2-4)cc1. The largest absolute Gasteiger partial charge is 0.291 e. The second-order valence-corrected chi connectivity index (χ2v) is 12.0. The van der Waals surface area contributed by atoms with Crippen molar-refractivity contribution < 1.29 is 0 Å². The molecule has 2 aliphatic carbocycles. The highest BCUT2D eigenvalue weighted by molar-refractivity contribution is 6.17. The minimum Gasteiger partial charge on any atom is -0.291 e. The third kappa shape index (κ3) is 3.21. The van der Waals surface area contributed by atoms with Crippen LogP contribution in [0.3, 0.4) is 0 Å². The number of para-hydroxylation sites is 3. The Hall–Kier alpha value is -5.54. The van der Waals surface area contributed by atoms with Crippen molar-refractivity contribution in [1.29, 1.82) is 0 Å². The van der Waals surface area contributed by atoms with Gasteiger partial charge in [0.05, 0.1) is 22.1 Å². The third-order valence-electron chi connectivity index (χ3n) is 9.79. The van der Waals surface area contributed by atoms with E-state index in [1.807, 2.05) is 12.1 Å². The number of nitrogens with zero attached hydrogens (tertiary/aromatic N) is 3. The number of hydrogen-bond donors (Lipinski definition) is 0. The van der Waals surface area contributed by atoms with Crippen molar-refractivity contribution in [3.63, 3.8) is 0 Å². The van der Waals surface area contributed by atoms with E-state index >= 15 is 0 Å². The van der Waals surface area contributed by atoms with E-state index in [4.69, 9.17) is 9.97 Å². The smallest absolute Gasteiger partial charge is 0.165 e. The molecule has 0 saturated heterocycles. The lowest BCUT2D eigenvalue weighted by molar-refractivity contribution is 0.736. The summed E-state index contributed by atoms with van der Waals surface area (Å²) in [5, 5.41) is 2.49. The van der Waals surface area contributed by atoms with Crippen molar-refractivity contribution in [2.45, 2.75) is 18.8 Å². The van der Waals surface area contributed by atoms with E-state index in [2.05, 4.69) is 126 Å². The fraction of sp³-hybridized carbons (Fsp3) is 0.0732. The molecule has 206 valence electrons. The van der Waals surface area contributed by atoms with Crippen LogP contribution in [0.4, 0.5) is 0 Å². The Morgan fingerprint density at radius 3 is 2.07 bits per heavy atom. The maximum atomic E-state index is 5.41. The van der Waals surface area contributed by atoms with Crippen LogP contribution in [0.25, 0.3) is 72.2 Å². The summed E-state index contributed by atoms with van der Waals surface area (Å²) in [6, 6.07) is 48.2. The van der Waals surface area contributed by atoms with Gasteiger partial charge in [-0.15, -0.1) is 0 Å². The fourth-order valence-corrected chi connectivity index (χ4v) is 7.95. The van der Waals surface area contributed by atoms with Crippen LogP contribution < -0.4 is 0 Å². The number of fused-ring (bicyclic) bond motifs is 13. The van der Waals surface area contributed by atoms with Gasteiger partial charge in [0, 0.05) is 27.8 Å². The molecule has 0 amide bonds. The summed E-state index contributed by atoms with van der Waals surface area (Å²) in [5.74, 6) is 1.23. The van der Waals surface area contributed by atoms with E-state index in [9.17, 15) is 0 Å². The Balaban J connectivity index is 1.45. The van der Waals surface area contributed by atoms with E-state index in [0.717, 1.165) is 46.5 Å². The molecule has 10 rings (SSSR count). The molecule has 0 radical (unpaired) electrons. The first-order chi connectivity index (χ1) is 21.8. The number of benzene rings is 6. The van der Waals surface area contributed by atoms with Gasteiger partial charge in [0.25, 0.3) is 0 Å². The summed E-state index contributed by atoms with van der Waals surface area (Å²) in [5.41, 5.74) is 15.8. The molecule has 1 atom stereocenters. The van der Waals surface area contributed by atoms with Crippen LogP contribution in [-0.2, 0) is 6.42 Å². The summed E-state index contributed by atoms with van der Waals surface area (Å²) < 4.78 is 2.42. The molecule has 0 aliphatic heterocycles. The second-order valence-electron chi connectivity index (χ2n) is 12.0. The molecule has 6 aromatic carbocycles. The van der Waals surface area contributed by atoms with Crippen LogP contribution in [-0.4, -0.2) is 14.5 Å². The van der Waals surface area contributed by atoms with E-state index in [1.54, 1.807) is 0 Å². The van der Waals surface area contributed by atoms with E-state index < -0.39 is 0 Å². The Labute approximate surface area is 255 Å². The molecule has 0 saturated carbocycles. The van der Waals surface area contributed by atoms with Gasteiger partial charge in [-0.25, -0.2) is 9.97 Å². The van der Waals surface area contributed by atoms with E-state index in [-0.39, 0.29) is 0 Å². The summed E-state index contributed by atoms with van der Waals surface area (Å²) in [6.45, 7) is 0. The van der Waals surface area contributed by atoms with Gasteiger partial charge in [0.1, 0.15) is 5.69 Å². The molecule has 1 unspecified atom stereocenters. The number of aromatic nitrogens is 3. The average molecular weight is 562 g/mol. The molecule has 3 nitrogen and oxygen atoms in total. The maximum Gasteiger partial charge on any atom is 0.165 e. The first-order valence-electron chi connectivity index (χ1n) is 15.5. The molecule has 0 spiro atoms. The third-order valence-corrected chi connectivity index (χ3v) is 9.79. The molecule has 8 aromatic rings. The summed E-state index contributed by atoms with van der Waals surface area (Å²) in [4.78, 5) is 10.7. The molecule has 0 N–H and O–H groups in total. The molecule has 2 heterocycles. The zero-order chi connectivity index (χ0) is 28.8. The van der Waals surface area contributed by atoms with Crippen LogP contribution in [0.5, 0.6) is 0 Å². The minimum absolute atomic E-state index is 0.362. The molecule has 0 fully saturated rings. The predicted molar refractivity (Wildman–Crippen MR) is 180 cm³/mol. The van der Waals surface area contributed by atoms with Crippen molar-refractivity contribution in [1.82, 2.24) is 14.5 Å². The molecule has 2 aliphatic rings. The van der Waals surface area contributed by atoms with Crippen LogP contribution >= 0.6 is 0 Å². The average Bonchev–Trinajstić information content (AvgIpc) is 3.20. The van der Waals surface area contributed by atoms with Gasteiger partial charge >= 0.3 is 0 Å². The van der Waals surface area contributed by atoms with Crippen molar-refractivity contribution in [2.75, 3.05) is 0 Å². The van der Waals surface area contributed by atoms with Gasteiger partial charge in [0.2, 0.25) is 0 Å². The topological polar surface area (TPSA) is 30.7 Å². The monoisotopic (exact) mass is 561 g/mol. The van der Waals surface area contributed by atoms with Crippen molar-refractivity contribution >= 4 is 32.8 Å². The second kappa shape index (κ2) is 8.98. The van der Waals surface area contributed by atoms with Crippen LogP contribution in [0.1, 0.15) is 29.0 Å². The van der Waals surface area contributed by atoms with Crippen molar-refractivity contribution in [3.05, 3.63) is 150 Å². The summed E-state index contributed by atoms with van der Waals surface area (Å²) in [6.07, 6.45) is 2.13. The zero-order valence-electron chi connectivity index (χ0n) is 24.0. The highest BCUT2D eigenvalue weighted by Gasteiger charge is 2.34. The Kier molecular flexibility index (Phi) is 4.89. The lowest BCUT2D eigenvalue weighted by Crippen LogP contribution is -2.07. The lowest BCUT2D eigenvalue weighted by atomic mass is 9.80. The highest BCUT2D eigenvalue weighted by Crippen LogP contribution is 2.54. The predicted octanol–water partition coefficient (Wildman–Crippen LogP) is 10.1. The van der Waals surface area contributed by atoms with Crippen LogP contribution in [0, 0.1) is 0 Å². The maximum absolute atomic E-state index is 5.41.